The molecule has 0 saturated carbocycles. The van der Waals surface area contributed by atoms with E-state index in [1.807, 2.05) is 6.92 Å². The van der Waals surface area contributed by atoms with Gasteiger partial charge in [0.1, 0.15) is 17.2 Å². The van der Waals surface area contributed by atoms with Crippen molar-refractivity contribution in [1.82, 2.24) is 9.97 Å². The van der Waals surface area contributed by atoms with Crippen LogP contribution in [0.4, 0.5) is 8.78 Å². The normalized spacial score (nSPS) is 24.6. The maximum Gasteiger partial charge on any atom is 0.153 e. The monoisotopic (exact) mass is 238 g/mol. The Kier molecular flexibility index (Phi) is 2.36. The van der Waals surface area contributed by atoms with Gasteiger partial charge in [-0.05, 0) is 19.4 Å². The van der Waals surface area contributed by atoms with E-state index >= 15 is 0 Å². The van der Waals surface area contributed by atoms with Gasteiger partial charge in [-0.1, -0.05) is 0 Å². The molecule has 1 aliphatic rings. The summed E-state index contributed by atoms with van der Waals surface area (Å²) in [7, 11) is 0. The van der Waals surface area contributed by atoms with Crippen LogP contribution in [0, 0.1) is 11.6 Å². The molecule has 17 heavy (non-hydrogen) atoms. The van der Waals surface area contributed by atoms with Crippen LogP contribution in [0.3, 0.4) is 0 Å². The highest BCUT2D eigenvalue weighted by atomic mass is 19.1. The number of imidazole rings is 1. The molecule has 5 heteroatoms. The topological polar surface area (TPSA) is 37.9 Å². The quantitative estimate of drug-likeness (QED) is 0.829. The molecule has 0 aliphatic carbocycles. The highest BCUT2D eigenvalue weighted by Crippen LogP contribution is 2.31. The van der Waals surface area contributed by atoms with Crippen molar-refractivity contribution in [3.8, 4) is 0 Å². The third-order valence-corrected chi connectivity index (χ3v) is 3.25. The first-order chi connectivity index (χ1) is 8.15. The second-order valence-electron chi connectivity index (χ2n) is 4.38. The molecule has 2 unspecified atom stereocenters. The first-order valence-corrected chi connectivity index (χ1v) is 5.61. The molecule has 0 spiro atoms. The van der Waals surface area contributed by atoms with Gasteiger partial charge in [0, 0.05) is 18.6 Å². The SMILES string of the molecule is CC1OCCC1c1nc2c(F)cc(F)cc2[nH]1. The predicted molar refractivity (Wildman–Crippen MR) is 58.8 cm³/mol. The van der Waals surface area contributed by atoms with Gasteiger partial charge < -0.3 is 9.72 Å². The average molecular weight is 238 g/mol. The Balaban J connectivity index is 2.10. The molecule has 3 nitrogen and oxygen atoms in total. The van der Waals surface area contributed by atoms with Crippen LogP contribution in [0.15, 0.2) is 12.1 Å². The molecular formula is C12H12F2N2O. The minimum Gasteiger partial charge on any atom is -0.378 e. The highest BCUT2D eigenvalue weighted by molar-refractivity contribution is 5.75. The lowest BCUT2D eigenvalue weighted by molar-refractivity contribution is 0.117. The fraction of sp³-hybridized carbons (Fsp3) is 0.417. The summed E-state index contributed by atoms with van der Waals surface area (Å²) in [6.45, 7) is 2.64. The van der Waals surface area contributed by atoms with Gasteiger partial charge in [0.2, 0.25) is 0 Å². The number of nitrogens with one attached hydrogen (secondary N) is 1. The summed E-state index contributed by atoms with van der Waals surface area (Å²) >= 11 is 0. The maximum absolute atomic E-state index is 13.5. The highest BCUT2D eigenvalue weighted by Gasteiger charge is 2.28. The Morgan fingerprint density at radius 3 is 2.94 bits per heavy atom. The van der Waals surface area contributed by atoms with Crippen LogP contribution >= 0.6 is 0 Å². The van der Waals surface area contributed by atoms with Crippen molar-refractivity contribution in [3.63, 3.8) is 0 Å². The summed E-state index contributed by atoms with van der Waals surface area (Å²) in [4.78, 5) is 7.19. The van der Waals surface area contributed by atoms with Crippen molar-refractivity contribution in [2.24, 2.45) is 0 Å². The Bertz CT molecular complexity index is 567. The van der Waals surface area contributed by atoms with Crippen molar-refractivity contribution in [3.05, 3.63) is 29.6 Å². The van der Waals surface area contributed by atoms with E-state index in [0.29, 0.717) is 17.9 Å². The van der Waals surface area contributed by atoms with Gasteiger partial charge in [-0.25, -0.2) is 13.8 Å². The number of aromatic nitrogens is 2. The van der Waals surface area contributed by atoms with Crippen molar-refractivity contribution >= 4 is 11.0 Å². The summed E-state index contributed by atoms with van der Waals surface area (Å²) in [6.07, 6.45) is 0.911. The van der Waals surface area contributed by atoms with E-state index in [-0.39, 0.29) is 17.5 Å². The Morgan fingerprint density at radius 1 is 1.41 bits per heavy atom. The van der Waals surface area contributed by atoms with E-state index in [0.717, 1.165) is 12.5 Å². The Labute approximate surface area is 96.8 Å². The second kappa shape index (κ2) is 3.77. The maximum atomic E-state index is 13.5. The molecular weight excluding hydrogens is 226 g/mol. The Hall–Kier alpha value is -1.49. The fourth-order valence-corrected chi connectivity index (χ4v) is 2.33. The second-order valence-corrected chi connectivity index (χ2v) is 4.38. The van der Waals surface area contributed by atoms with Crippen molar-refractivity contribution in [2.75, 3.05) is 6.61 Å². The number of aromatic amines is 1. The van der Waals surface area contributed by atoms with Gasteiger partial charge in [-0.15, -0.1) is 0 Å². The van der Waals surface area contributed by atoms with Gasteiger partial charge in [-0.2, -0.15) is 0 Å². The molecule has 2 atom stereocenters. The average Bonchev–Trinajstić information content (AvgIpc) is 2.83. The minimum atomic E-state index is -0.630. The van der Waals surface area contributed by atoms with Crippen LogP contribution in [0.2, 0.25) is 0 Å². The summed E-state index contributed by atoms with van der Waals surface area (Å²) < 4.78 is 32.0. The largest absolute Gasteiger partial charge is 0.378 e. The number of rotatable bonds is 1. The lowest BCUT2D eigenvalue weighted by Crippen LogP contribution is -2.10. The predicted octanol–water partition coefficient (Wildman–Crippen LogP) is 2.73. The fourth-order valence-electron chi connectivity index (χ4n) is 2.33. The number of fused-ring (bicyclic) bond motifs is 1. The first kappa shape index (κ1) is 10.7. The molecule has 1 saturated heterocycles. The minimum absolute atomic E-state index is 0.0588. The number of hydrogen-bond donors (Lipinski definition) is 1. The number of hydrogen-bond acceptors (Lipinski definition) is 2. The molecule has 1 fully saturated rings. The van der Waals surface area contributed by atoms with E-state index in [1.54, 1.807) is 0 Å². The lowest BCUT2D eigenvalue weighted by atomic mass is 10.0. The number of halogens is 2. The molecule has 0 bridgehead atoms. The van der Waals surface area contributed by atoms with E-state index in [9.17, 15) is 8.78 Å². The van der Waals surface area contributed by atoms with Crippen LogP contribution in [0.5, 0.6) is 0 Å². The van der Waals surface area contributed by atoms with Crippen molar-refractivity contribution in [1.29, 1.82) is 0 Å². The summed E-state index contributed by atoms with van der Waals surface area (Å²) in [5, 5.41) is 0. The van der Waals surface area contributed by atoms with Gasteiger partial charge in [-0.3, -0.25) is 0 Å². The molecule has 2 aromatic rings. The van der Waals surface area contributed by atoms with Crippen LogP contribution in [0.25, 0.3) is 11.0 Å². The van der Waals surface area contributed by atoms with Crippen LogP contribution in [-0.2, 0) is 4.74 Å². The standard InChI is InChI=1S/C12H12F2N2O/c1-6-8(2-3-17-6)12-15-10-5-7(13)4-9(14)11(10)16-12/h4-6,8H,2-3H2,1H3,(H,15,16). The van der Waals surface area contributed by atoms with Crippen molar-refractivity contribution < 1.29 is 13.5 Å². The van der Waals surface area contributed by atoms with Gasteiger partial charge in [0.25, 0.3) is 0 Å². The van der Waals surface area contributed by atoms with E-state index in [1.165, 1.54) is 6.07 Å². The van der Waals surface area contributed by atoms with Crippen LogP contribution in [0.1, 0.15) is 25.1 Å². The Morgan fingerprint density at radius 2 is 2.24 bits per heavy atom. The smallest absolute Gasteiger partial charge is 0.153 e. The number of ether oxygens (including phenoxy) is 1. The van der Waals surface area contributed by atoms with Crippen molar-refractivity contribution in [2.45, 2.75) is 25.4 Å². The first-order valence-electron chi connectivity index (χ1n) is 5.61. The van der Waals surface area contributed by atoms with Gasteiger partial charge in [0.05, 0.1) is 11.6 Å². The van der Waals surface area contributed by atoms with E-state index < -0.39 is 11.6 Å². The number of H-pyrrole nitrogens is 1. The zero-order valence-corrected chi connectivity index (χ0v) is 9.34. The zero-order chi connectivity index (χ0) is 12.0. The van der Waals surface area contributed by atoms with E-state index in [4.69, 9.17) is 4.74 Å². The molecule has 1 aromatic heterocycles. The molecule has 2 heterocycles. The van der Waals surface area contributed by atoms with Crippen LogP contribution in [-0.4, -0.2) is 22.7 Å². The third kappa shape index (κ3) is 1.70. The summed E-state index contributed by atoms with van der Waals surface area (Å²) in [6, 6.07) is 2.11. The van der Waals surface area contributed by atoms with Gasteiger partial charge >= 0.3 is 0 Å². The molecule has 1 aliphatic heterocycles. The molecule has 0 amide bonds. The molecule has 1 aromatic carbocycles. The molecule has 1 N–H and O–H groups in total. The molecule has 90 valence electrons. The third-order valence-electron chi connectivity index (χ3n) is 3.25. The molecule has 3 rings (SSSR count). The number of nitrogens with zero attached hydrogens (tertiary/aromatic N) is 1. The lowest BCUT2D eigenvalue weighted by Gasteiger charge is -2.09. The van der Waals surface area contributed by atoms with E-state index in [2.05, 4.69) is 9.97 Å². The summed E-state index contributed by atoms with van der Waals surface area (Å²) in [5.41, 5.74) is 0.595. The van der Waals surface area contributed by atoms with Crippen LogP contribution < -0.4 is 0 Å². The molecule has 0 radical (unpaired) electrons. The summed E-state index contributed by atoms with van der Waals surface area (Å²) in [5.74, 6) is -0.422. The van der Waals surface area contributed by atoms with Gasteiger partial charge in [0.15, 0.2) is 5.82 Å². The zero-order valence-electron chi connectivity index (χ0n) is 9.34. The number of benzene rings is 1.